The molecule has 2 heterocycles. The Kier molecular flexibility index (Phi) is 4.50. The van der Waals surface area contributed by atoms with Crippen LogP contribution >= 0.6 is 0 Å². The summed E-state index contributed by atoms with van der Waals surface area (Å²) in [4.78, 5) is 17.8. The summed E-state index contributed by atoms with van der Waals surface area (Å²) in [5.41, 5.74) is 5.38. The van der Waals surface area contributed by atoms with Crippen LogP contribution in [0.15, 0.2) is 60.9 Å². The second-order valence-electron chi connectivity index (χ2n) is 6.66. The highest BCUT2D eigenvalue weighted by Crippen LogP contribution is 2.37. The number of ether oxygens (including phenoxy) is 1. The number of carboxylic acids is 1. The van der Waals surface area contributed by atoms with Crippen LogP contribution in [0.2, 0.25) is 0 Å². The number of pyridine rings is 1. The van der Waals surface area contributed by atoms with Crippen LogP contribution in [0.25, 0.3) is 0 Å². The Morgan fingerprint density at radius 2 is 2.00 bits per heavy atom. The van der Waals surface area contributed by atoms with Crippen molar-refractivity contribution in [1.29, 1.82) is 0 Å². The van der Waals surface area contributed by atoms with Crippen molar-refractivity contribution in [3.63, 3.8) is 0 Å². The molecule has 2 aromatic carbocycles. The van der Waals surface area contributed by atoms with Crippen molar-refractivity contribution < 1.29 is 14.6 Å². The lowest BCUT2D eigenvalue weighted by Gasteiger charge is -2.20. The van der Waals surface area contributed by atoms with Crippen LogP contribution < -0.4 is 9.64 Å². The Morgan fingerprint density at radius 1 is 1.19 bits per heavy atom. The predicted molar refractivity (Wildman–Crippen MR) is 104 cm³/mol. The third-order valence-electron chi connectivity index (χ3n) is 4.79. The van der Waals surface area contributed by atoms with Gasteiger partial charge in [0, 0.05) is 18.3 Å². The molecule has 0 amide bonds. The van der Waals surface area contributed by atoms with Crippen LogP contribution in [-0.2, 0) is 13.0 Å². The Hall–Kier alpha value is -3.34. The van der Waals surface area contributed by atoms with Gasteiger partial charge in [0.05, 0.1) is 23.6 Å². The number of carboxylic acid groups (broad SMARTS) is 1. The minimum absolute atomic E-state index is 0.370. The molecular weight excluding hydrogens is 340 g/mol. The molecule has 4 rings (SSSR count). The second kappa shape index (κ2) is 7.11. The van der Waals surface area contributed by atoms with E-state index in [2.05, 4.69) is 41.1 Å². The van der Waals surface area contributed by atoms with Gasteiger partial charge in [-0.25, -0.2) is 4.79 Å². The van der Waals surface area contributed by atoms with Crippen molar-refractivity contribution in [2.45, 2.75) is 20.0 Å². The van der Waals surface area contributed by atoms with Gasteiger partial charge in [0.15, 0.2) is 0 Å². The van der Waals surface area contributed by atoms with Crippen LogP contribution in [0, 0.1) is 6.92 Å². The molecule has 1 N–H and O–H groups in total. The van der Waals surface area contributed by atoms with Gasteiger partial charge >= 0.3 is 5.97 Å². The molecule has 1 aliphatic heterocycles. The van der Waals surface area contributed by atoms with E-state index in [1.807, 2.05) is 12.1 Å². The van der Waals surface area contributed by atoms with Crippen molar-refractivity contribution in [2.24, 2.45) is 0 Å². The predicted octanol–water partition coefficient (Wildman–Crippen LogP) is 4.36. The van der Waals surface area contributed by atoms with E-state index in [1.165, 1.54) is 5.56 Å². The first-order valence-electron chi connectivity index (χ1n) is 8.88. The molecule has 0 unspecified atom stereocenters. The van der Waals surface area contributed by atoms with Crippen molar-refractivity contribution in [3.05, 3.63) is 83.2 Å². The van der Waals surface area contributed by atoms with Crippen molar-refractivity contribution in [1.82, 2.24) is 4.98 Å². The van der Waals surface area contributed by atoms with Crippen molar-refractivity contribution in [2.75, 3.05) is 11.4 Å². The first-order valence-corrected chi connectivity index (χ1v) is 8.88. The number of rotatable bonds is 5. The minimum atomic E-state index is -0.887. The normalized spacial score (nSPS) is 12.7. The Labute approximate surface area is 157 Å². The highest BCUT2D eigenvalue weighted by Gasteiger charge is 2.25. The quantitative estimate of drug-likeness (QED) is 0.732. The maximum atomic E-state index is 11.4. The average Bonchev–Trinajstić information content (AvgIpc) is 3.12. The maximum absolute atomic E-state index is 11.4. The highest BCUT2D eigenvalue weighted by molar-refractivity contribution is 5.92. The summed E-state index contributed by atoms with van der Waals surface area (Å²) in [5.74, 6) is -0.196. The SMILES string of the molecule is Cc1ccc(COc2cncc(N3CCc4c(C(=O)O)cccc43)c2)cc1. The molecule has 136 valence electrons. The largest absolute Gasteiger partial charge is 0.487 e. The van der Waals surface area contributed by atoms with Gasteiger partial charge < -0.3 is 14.7 Å². The Balaban J connectivity index is 1.55. The number of aromatic carboxylic acids is 1. The Morgan fingerprint density at radius 3 is 2.78 bits per heavy atom. The summed E-state index contributed by atoms with van der Waals surface area (Å²) >= 11 is 0. The van der Waals surface area contributed by atoms with Gasteiger partial charge in [-0.3, -0.25) is 4.98 Å². The standard InChI is InChI=1S/C22H20N2O3/c1-15-5-7-16(8-6-15)14-27-18-11-17(12-23-13-18)24-10-9-19-20(22(25)26)3-2-4-21(19)24/h2-8,11-13H,9-10,14H2,1H3,(H,25,26). The van der Waals surface area contributed by atoms with E-state index in [-0.39, 0.29) is 0 Å². The second-order valence-corrected chi connectivity index (χ2v) is 6.66. The molecule has 27 heavy (non-hydrogen) atoms. The first kappa shape index (κ1) is 17.1. The summed E-state index contributed by atoms with van der Waals surface area (Å²) in [6.45, 7) is 3.26. The van der Waals surface area contributed by atoms with E-state index in [1.54, 1.807) is 24.5 Å². The maximum Gasteiger partial charge on any atom is 0.336 e. The van der Waals surface area contributed by atoms with Crippen LogP contribution in [-0.4, -0.2) is 22.6 Å². The zero-order valence-electron chi connectivity index (χ0n) is 15.1. The molecule has 0 aliphatic carbocycles. The number of aromatic nitrogens is 1. The van der Waals surface area contributed by atoms with Gasteiger partial charge in [0.2, 0.25) is 0 Å². The molecular formula is C22H20N2O3. The zero-order valence-corrected chi connectivity index (χ0v) is 15.1. The van der Waals surface area contributed by atoms with Gasteiger partial charge in [0.1, 0.15) is 12.4 Å². The van der Waals surface area contributed by atoms with E-state index in [0.717, 1.165) is 29.0 Å². The smallest absolute Gasteiger partial charge is 0.336 e. The molecule has 0 spiro atoms. The molecule has 0 atom stereocenters. The fraction of sp³-hybridized carbons (Fsp3) is 0.182. The number of anilines is 2. The van der Waals surface area contributed by atoms with Crippen LogP contribution in [0.4, 0.5) is 11.4 Å². The first-order chi connectivity index (χ1) is 13.1. The number of aryl methyl sites for hydroxylation is 1. The van der Waals surface area contributed by atoms with Gasteiger partial charge in [-0.15, -0.1) is 0 Å². The molecule has 0 bridgehead atoms. The molecule has 0 fully saturated rings. The molecule has 1 aromatic heterocycles. The third-order valence-corrected chi connectivity index (χ3v) is 4.79. The number of benzene rings is 2. The summed E-state index contributed by atoms with van der Waals surface area (Å²) in [7, 11) is 0. The number of carbonyl (C=O) groups is 1. The molecule has 3 aromatic rings. The van der Waals surface area contributed by atoms with E-state index in [9.17, 15) is 9.90 Å². The summed E-state index contributed by atoms with van der Waals surface area (Å²) < 4.78 is 5.90. The van der Waals surface area contributed by atoms with Gasteiger partial charge in [-0.05, 0) is 36.6 Å². The monoisotopic (exact) mass is 360 g/mol. The number of nitrogens with zero attached hydrogens (tertiary/aromatic N) is 2. The number of hydrogen-bond donors (Lipinski definition) is 1. The lowest BCUT2D eigenvalue weighted by molar-refractivity contribution is 0.0696. The van der Waals surface area contributed by atoms with Crippen LogP contribution in [0.5, 0.6) is 5.75 Å². The van der Waals surface area contributed by atoms with Gasteiger partial charge in [-0.1, -0.05) is 35.9 Å². The van der Waals surface area contributed by atoms with E-state index < -0.39 is 5.97 Å². The molecule has 5 heteroatoms. The lowest BCUT2D eigenvalue weighted by atomic mass is 10.1. The molecule has 1 aliphatic rings. The fourth-order valence-electron chi connectivity index (χ4n) is 3.39. The Bertz CT molecular complexity index is 983. The minimum Gasteiger partial charge on any atom is -0.487 e. The number of fused-ring (bicyclic) bond motifs is 1. The number of hydrogen-bond acceptors (Lipinski definition) is 4. The highest BCUT2D eigenvalue weighted by atomic mass is 16.5. The topological polar surface area (TPSA) is 62.7 Å². The molecule has 0 saturated carbocycles. The van der Waals surface area contributed by atoms with Crippen LogP contribution in [0.1, 0.15) is 27.0 Å². The van der Waals surface area contributed by atoms with E-state index in [0.29, 0.717) is 24.3 Å². The molecule has 5 nitrogen and oxygen atoms in total. The van der Waals surface area contributed by atoms with Crippen molar-refractivity contribution in [3.8, 4) is 5.75 Å². The zero-order chi connectivity index (χ0) is 18.8. The van der Waals surface area contributed by atoms with E-state index in [4.69, 9.17) is 4.74 Å². The van der Waals surface area contributed by atoms with Gasteiger partial charge in [-0.2, -0.15) is 0 Å². The third kappa shape index (κ3) is 3.49. The summed E-state index contributed by atoms with van der Waals surface area (Å²) in [6, 6.07) is 15.6. The van der Waals surface area contributed by atoms with Crippen molar-refractivity contribution >= 4 is 17.3 Å². The van der Waals surface area contributed by atoms with E-state index >= 15 is 0 Å². The average molecular weight is 360 g/mol. The summed E-state index contributed by atoms with van der Waals surface area (Å²) in [6.07, 6.45) is 4.18. The van der Waals surface area contributed by atoms with Gasteiger partial charge in [0.25, 0.3) is 0 Å². The lowest BCUT2D eigenvalue weighted by Crippen LogP contribution is -2.13. The molecule has 0 saturated heterocycles. The summed E-state index contributed by atoms with van der Waals surface area (Å²) in [5, 5.41) is 9.39. The fourth-order valence-corrected chi connectivity index (χ4v) is 3.39. The van der Waals surface area contributed by atoms with Crippen LogP contribution in [0.3, 0.4) is 0 Å². The molecule has 0 radical (unpaired) electrons.